The normalized spacial score (nSPS) is 16.9. The summed E-state index contributed by atoms with van der Waals surface area (Å²) in [5.74, 6) is -2.49. The SMILES string of the molecule is CSCC(=O)N[C@H]1Cc2ccc(O)c(C(=O)O)c2OB1O. The molecule has 0 aromatic heterocycles. The third-order valence-corrected chi connectivity index (χ3v) is 3.63. The highest BCUT2D eigenvalue weighted by Gasteiger charge is 2.38. The molecule has 1 atom stereocenters. The summed E-state index contributed by atoms with van der Waals surface area (Å²) in [5, 5.41) is 31.2. The fraction of sp³-hybridized carbons (Fsp3) is 0.333. The van der Waals surface area contributed by atoms with Crippen LogP contribution in [0.15, 0.2) is 12.1 Å². The van der Waals surface area contributed by atoms with E-state index in [9.17, 15) is 19.7 Å². The second-order valence-corrected chi connectivity index (χ2v) is 5.44. The fourth-order valence-electron chi connectivity index (χ4n) is 2.16. The zero-order chi connectivity index (χ0) is 15.6. The maximum atomic E-state index is 11.6. The van der Waals surface area contributed by atoms with Gasteiger partial charge in [-0.15, -0.1) is 0 Å². The highest BCUT2D eigenvalue weighted by molar-refractivity contribution is 7.99. The van der Waals surface area contributed by atoms with Crippen molar-refractivity contribution in [1.29, 1.82) is 0 Å². The van der Waals surface area contributed by atoms with Crippen molar-refractivity contribution < 1.29 is 29.5 Å². The van der Waals surface area contributed by atoms with Crippen LogP contribution in [0, 0.1) is 0 Å². The number of aromatic hydroxyl groups is 1. The van der Waals surface area contributed by atoms with Gasteiger partial charge >= 0.3 is 13.1 Å². The first-order valence-corrected chi connectivity index (χ1v) is 7.54. The summed E-state index contributed by atoms with van der Waals surface area (Å²) >= 11 is 1.35. The van der Waals surface area contributed by atoms with Gasteiger partial charge in [0, 0.05) is 0 Å². The largest absolute Gasteiger partial charge is 0.547 e. The Bertz CT molecular complexity index is 581. The lowest BCUT2D eigenvalue weighted by atomic mass is 9.72. The lowest BCUT2D eigenvalue weighted by molar-refractivity contribution is -0.118. The van der Waals surface area contributed by atoms with E-state index in [0.29, 0.717) is 5.56 Å². The van der Waals surface area contributed by atoms with Crippen molar-refractivity contribution in [2.45, 2.75) is 12.4 Å². The number of fused-ring (bicyclic) bond motifs is 1. The fourth-order valence-corrected chi connectivity index (χ4v) is 2.51. The van der Waals surface area contributed by atoms with Gasteiger partial charge < -0.3 is 25.2 Å². The number of hydrogen-bond acceptors (Lipinski definition) is 6. The van der Waals surface area contributed by atoms with Crippen LogP contribution >= 0.6 is 11.8 Å². The highest BCUT2D eigenvalue weighted by Crippen LogP contribution is 2.35. The summed E-state index contributed by atoms with van der Waals surface area (Å²) < 4.78 is 5.19. The predicted octanol–water partition coefficient (Wildman–Crippen LogP) is -0.107. The van der Waals surface area contributed by atoms with E-state index < -0.39 is 24.8 Å². The molecule has 0 spiro atoms. The van der Waals surface area contributed by atoms with Gasteiger partial charge in [-0.1, -0.05) is 6.07 Å². The number of phenols is 1. The zero-order valence-corrected chi connectivity index (χ0v) is 12.0. The van der Waals surface area contributed by atoms with Crippen LogP contribution in [0.4, 0.5) is 0 Å². The number of amides is 1. The minimum absolute atomic E-state index is 0.0645. The van der Waals surface area contributed by atoms with Crippen molar-refractivity contribution >= 4 is 30.8 Å². The van der Waals surface area contributed by atoms with E-state index in [1.54, 1.807) is 6.26 Å². The molecular formula is C12H14BNO6S. The molecule has 9 heteroatoms. The van der Waals surface area contributed by atoms with Gasteiger partial charge in [-0.05, 0) is 24.3 Å². The minimum Gasteiger partial charge on any atom is -0.534 e. The van der Waals surface area contributed by atoms with Crippen LogP contribution in [0.5, 0.6) is 11.5 Å². The maximum absolute atomic E-state index is 11.6. The molecule has 1 amide bonds. The monoisotopic (exact) mass is 311 g/mol. The first kappa shape index (κ1) is 15.5. The van der Waals surface area contributed by atoms with E-state index >= 15 is 0 Å². The van der Waals surface area contributed by atoms with E-state index in [-0.39, 0.29) is 29.4 Å². The van der Waals surface area contributed by atoms with Crippen molar-refractivity contribution in [3.63, 3.8) is 0 Å². The number of benzene rings is 1. The molecule has 1 aliphatic rings. The van der Waals surface area contributed by atoms with Gasteiger partial charge in [-0.25, -0.2) is 4.79 Å². The topological polar surface area (TPSA) is 116 Å². The molecule has 0 aliphatic carbocycles. The minimum atomic E-state index is -1.37. The van der Waals surface area contributed by atoms with Gasteiger partial charge in [0.05, 0.1) is 11.7 Å². The molecule has 1 aromatic carbocycles. The number of carboxylic acids is 1. The predicted molar refractivity (Wildman–Crippen MR) is 77.7 cm³/mol. The third-order valence-electron chi connectivity index (χ3n) is 3.08. The van der Waals surface area contributed by atoms with Crippen LogP contribution in [0.1, 0.15) is 15.9 Å². The third kappa shape index (κ3) is 3.25. The van der Waals surface area contributed by atoms with Crippen molar-refractivity contribution in [3.05, 3.63) is 23.3 Å². The van der Waals surface area contributed by atoms with E-state index in [1.807, 2.05) is 0 Å². The molecule has 7 nitrogen and oxygen atoms in total. The lowest BCUT2D eigenvalue weighted by Gasteiger charge is -2.29. The first-order valence-electron chi connectivity index (χ1n) is 6.15. The number of carboxylic acid groups (broad SMARTS) is 1. The Morgan fingerprint density at radius 2 is 2.24 bits per heavy atom. The number of carbonyl (C=O) groups excluding carboxylic acids is 1. The average Bonchev–Trinajstić information content (AvgIpc) is 2.39. The average molecular weight is 311 g/mol. The van der Waals surface area contributed by atoms with Crippen molar-refractivity contribution in [2.75, 3.05) is 12.0 Å². The molecule has 0 unspecified atom stereocenters. The van der Waals surface area contributed by atoms with E-state index in [0.717, 1.165) is 0 Å². The van der Waals surface area contributed by atoms with Gasteiger partial charge in [0.15, 0.2) is 0 Å². The molecule has 0 saturated heterocycles. The Hall–Kier alpha value is -1.87. The molecule has 1 aromatic rings. The highest BCUT2D eigenvalue weighted by atomic mass is 32.2. The van der Waals surface area contributed by atoms with Crippen LogP contribution in [0.25, 0.3) is 0 Å². The summed E-state index contributed by atoms with van der Waals surface area (Å²) in [4.78, 5) is 22.7. The Kier molecular flexibility index (Phi) is 4.64. The van der Waals surface area contributed by atoms with Crippen LogP contribution in [0.2, 0.25) is 0 Å². The van der Waals surface area contributed by atoms with Crippen LogP contribution in [-0.4, -0.2) is 52.2 Å². The molecule has 4 N–H and O–H groups in total. The molecule has 1 aliphatic heterocycles. The summed E-state index contributed by atoms with van der Waals surface area (Å²) in [6.45, 7) is 0. The molecule has 0 fully saturated rings. The van der Waals surface area contributed by atoms with Crippen molar-refractivity contribution in [2.24, 2.45) is 0 Å². The standard InChI is InChI=1S/C12H14BNO6S/c1-21-5-9(16)14-8-4-6-2-3-7(15)10(12(17)18)11(6)20-13(8)19/h2-3,8,15,19H,4-5H2,1H3,(H,14,16)(H,17,18)/t8-/m0/s1. The second kappa shape index (κ2) is 6.27. The number of rotatable bonds is 4. The second-order valence-electron chi connectivity index (χ2n) is 4.57. The summed E-state index contributed by atoms with van der Waals surface area (Å²) in [6.07, 6.45) is 2.00. The first-order chi connectivity index (χ1) is 9.93. The van der Waals surface area contributed by atoms with Gasteiger partial charge in [-0.3, -0.25) is 4.79 Å². The lowest BCUT2D eigenvalue weighted by Crippen LogP contribution is -2.53. The molecule has 2 rings (SSSR count). The molecular weight excluding hydrogens is 297 g/mol. The van der Waals surface area contributed by atoms with E-state index in [2.05, 4.69) is 5.32 Å². The number of carbonyl (C=O) groups is 2. The van der Waals surface area contributed by atoms with Gasteiger partial charge in [0.1, 0.15) is 17.1 Å². The molecule has 0 radical (unpaired) electrons. The Balaban J connectivity index is 2.26. The Morgan fingerprint density at radius 1 is 1.52 bits per heavy atom. The van der Waals surface area contributed by atoms with E-state index in [1.165, 1.54) is 23.9 Å². The van der Waals surface area contributed by atoms with Crippen LogP contribution < -0.4 is 9.97 Å². The van der Waals surface area contributed by atoms with Crippen molar-refractivity contribution in [1.82, 2.24) is 5.32 Å². The van der Waals surface area contributed by atoms with Gasteiger partial charge in [0.2, 0.25) is 5.91 Å². The summed E-state index contributed by atoms with van der Waals surface area (Å²) in [5.41, 5.74) is 0.116. The zero-order valence-electron chi connectivity index (χ0n) is 11.2. The Labute approximate surface area is 125 Å². The quantitative estimate of drug-likeness (QED) is 0.573. The molecule has 0 saturated carbocycles. The molecule has 21 heavy (non-hydrogen) atoms. The van der Waals surface area contributed by atoms with Crippen molar-refractivity contribution in [3.8, 4) is 11.5 Å². The van der Waals surface area contributed by atoms with Crippen LogP contribution in [-0.2, 0) is 11.2 Å². The van der Waals surface area contributed by atoms with Gasteiger partial charge in [0.25, 0.3) is 0 Å². The summed E-state index contributed by atoms with van der Waals surface area (Å²) in [7, 11) is -1.37. The number of nitrogens with one attached hydrogen (secondary N) is 1. The smallest absolute Gasteiger partial charge is 0.534 e. The van der Waals surface area contributed by atoms with E-state index in [4.69, 9.17) is 9.76 Å². The van der Waals surface area contributed by atoms with Gasteiger partial charge in [-0.2, -0.15) is 11.8 Å². The number of thioether (sulfide) groups is 1. The molecule has 1 heterocycles. The Morgan fingerprint density at radius 3 is 2.86 bits per heavy atom. The molecule has 0 bridgehead atoms. The molecule has 112 valence electrons. The van der Waals surface area contributed by atoms with Crippen LogP contribution in [0.3, 0.4) is 0 Å². The number of hydrogen-bond donors (Lipinski definition) is 4. The maximum Gasteiger partial charge on any atom is 0.547 e. The summed E-state index contributed by atoms with van der Waals surface area (Å²) in [6, 6.07) is 2.76. The number of aromatic carboxylic acids is 1.